The van der Waals surface area contributed by atoms with Gasteiger partial charge in [-0.05, 0) is 59.7 Å². The van der Waals surface area contributed by atoms with Crippen LogP contribution in [-0.2, 0) is 19.4 Å². The fourth-order valence-corrected chi connectivity index (χ4v) is 4.72. The summed E-state index contributed by atoms with van der Waals surface area (Å²) in [5.74, 6) is 2.07. The molecule has 2 atom stereocenters. The summed E-state index contributed by atoms with van der Waals surface area (Å²) in [7, 11) is 5.65. The van der Waals surface area contributed by atoms with Gasteiger partial charge in [-0.1, -0.05) is 12.1 Å². The number of quaternary nitrogens is 1. The molecule has 0 bridgehead atoms. The lowest BCUT2D eigenvalue weighted by atomic mass is 9.86. The molecule has 0 aliphatic carbocycles. The van der Waals surface area contributed by atoms with Crippen molar-refractivity contribution in [2.24, 2.45) is 0 Å². The van der Waals surface area contributed by atoms with Crippen LogP contribution in [0.15, 0.2) is 60.7 Å². The molecule has 0 unspecified atom stereocenters. The molecule has 1 aliphatic rings. The Labute approximate surface area is 183 Å². The molecule has 4 rings (SSSR count). The normalized spacial score (nSPS) is 20.2. The maximum Gasteiger partial charge on any atom is 0.161 e. The molecule has 5 nitrogen and oxygen atoms in total. The van der Waals surface area contributed by atoms with E-state index in [1.54, 1.807) is 38.5 Å². The second kappa shape index (κ2) is 8.52. The summed E-state index contributed by atoms with van der Waals surface area (Å²) in [6.07, 6.45) is 1.80. The van der Waals surface area contributed by atoms with Gasteiger partial charge < -0.3 is 24.2 Å². The smallest absolute Gasteiger partial charge is 0.161 e. The number of fused-ring (bicyclic) bond motifs is 1. The van der Waals surface area contributed by atoms with Crippen LogP contribution in [0.25, 0.3) is 0 Å². The van der Waals surface area contributed by atoms with E-state index in [0.717, 1.165) is 41.9 Å². The average molecular weight is 421 g/mol. The Morgan fingerprint density at radius 3 is 1.97 bits per heavy atom. The maximum atomic E-state index is 9.71. The molecule has 162 valence electrons. The van der Waals surface area contributed by atoms with E-state index in [-0.39, 0.29) is 17.5 Å². The van der Waals surface area contributed by atoms with E-state index >= 15 is 0 Å². The number of methoxy groups -OCH3 is 2. The van der Waals surface area contributed by atoms with Crippen molar-refractivity contribution in [2.75, 3.05) is 27.8 Å². The zero-order valence-corrected chi connectivity index (χ0v) is 18.3. The molecule has 0 spiro atoms. The van der Waals surface area contributed by atoms with Gasteiger partial charge in [-0.2, -0.15) is 0 Å². The molecule has 0 aromatic heterocycles. The van der Waals surface area contributed by atoms with Crippen molar-refractivity contribution in [2.45, 2.75) is 25.4 Å². The summed E-state index contributed by atoms with van der Waals surface area (Å²) in [5.41, 5.74) is 4.95. The molecule has 5 heteroatoms. The van der Waals surface area contributed by atoms with Gasteiger partial charge in [-0.15, -0.1) is 0 Å². The van der Waals surface area contributed by atoms with Crippen molar-refractivity contribution in [3.63, 3.8) is 0 Å². The first kappa shape index (κ1) is 21.1. The van der Waals surface area contributed by atoms with E-state index in [2.05, 4.69) is 19.2 Å². The van der Waals surface area contributed by atoms with Crippen molar-refractivity contribution in [3.05, 3.63) is 82.9 Å². The minimum Gasteiger partial charge on any atom is -0.508 e. The third-order valence-corrected chi connectivity index (χ3v) is 6.49. The number of nitrogens with zero attached hydrogens (tertiary/aromatic N) is 1. The summed E-state index contributed by atoms with van der Waals surface area (Å²) in [5, 5.41) is 19.4. The van der Waals surface area contributed by atoms with Gasteiger partial charge in [0.25, 0.3) is 0 Å². The van der Waals surface area contributed by atoms with Crippen molar-refractivity contribution < 1.29 is 24.2 Å². The van der Waals surface area contributed by atoms with Crippen LogP contribution < -0.4 is 9.47 Å². The van der Waals surface area contributed by atoms with E-state index in [1.807, 2.05) is 24.3 Å². The van der Waals surface area contributed by atoms with Crippen LogP contribution in [0.5, 0.6) is 23.0 Å². The molecule has 0 amide bonds. The fourth-order valence-electron chi connectivity index (χ4n) is 4.72. The zero-order valence-electron chi connectivity index (χ0n) is 18.3. The summed E-state index contributed by atoms with van der Waals surface area (Å²) in [6.45, 7) is 1.85. The van der Waals surface area contributed by atoms with Crippen LogP contribution in [0.4, 0.5) is 0 Å². The molecule has 1 aliphatic heterocycles. The van der Waals surface area contributed by atoms with Gasteiger partial charge >= 0.3 is 0 Å². The Morgan fingerprint density at radius 2 is 1.39 bits per heavy atom. The molecule has 1 heterocycles. The van der Waals surface area contributed by atoms with Gasteiger partial charge in [-0.25, -0.2) is 0 Å². The van der Waals surface area contributed by atoms with E-state index in [4.69, 9.17) is 9.47 Å². The molecule has 0 saturated heterocycles. The molecule has 3 aromatic carbocycles. The second-order valence-electron chi connectivity index (χ2n) is 8.57. The molecule has 0 saturated carbocycles. The van der Waals surface area contributed by atoms with E-state index in [9.17, 15) is 10.2 Å². The van der Waals surface area contributed by atoms with Crippen LogP contribution in [0.3, 0.4) is 0 Å². The van der Waals surface area contributed by atoms with Gasteiger partial charge in [0.1, 0.15) is 24.1 Å². The lowest BCUT2D eigenvalue weighted by Crippen LogP contribution is -2.51. The Hall–Kier alpha value is -3.18. The van der Waals surface area contributed by atoms with Crippen LogP contribution >= 0.6 is 0 Å². The summed E-state index contributed by atoms with van der Waals surface area (Å²) < 4.78 is 12.0. The number of aromatic hydroxyl groups is 2. The number of rotatable bonds is 6. The highest BCUT2D eigenvalue weighted by Gasteiger charge is 2.40. The minimum atomic E-state index is 0.210. The zero-order chi connectivity index (χ0) is 22.0. The maximum absolute atomic E-state index is 9.71. The topological polar surface area (TPSA) is 58.9 Å². The van der Waals surface area contributed by atoms with Gasteiger partial charge in [0.15, 0.2) is 11.5 Å². The number of phenolic OH excluding ortho intramolecular Hbond substituents is 2. The SMILES string of the molecule is COc1cc2c(cc1OC)[C@H](Cc1ccc(O)cc1)[N@@+](C)(Cc1ccc(O)cc1)CC2. The lowest BCUT2D eigenvalue weighted by molar-refractivity contribution is -0.954. The van der Waals surface area contributed by atoms with Gasteiger partial charge in [0.2, 0.25) is 0 Å². The van der Waals surface area contributed by atoms with Crippen molar-refractivity contribution >= 4 is 0 Å². The predicted molar refractivity (Wildman–Crippen MR) is 121 cm³/mol. The predicted octanol–water partition coefficient (Wildman–Crippen LogP) is 4.60. The highest BCUT2D eigenvalue weighted by Crippen LogP contribution is 2.43. The number of benzene rings is 3. The van der Waals surface area contributed by atoms with Crippen LogP contribution in [0.1, 0.15) is 28.3 Å². The number of hydrogen-bond acceptors (Lipinski definition) is 4. The highest BCUT2D eigenvalue weighted by molar-refractivity contribution is 5.49. The minimum absolute atomic E-state index is 0.210. The molecular weight excluding hydrogens is 390 g/mol. The van der Waals surface area contributed by atoms with E-state index in [1.165, 1.54) is 22.3 Å². The Morgan fingerprint density at radius 1 is 0.839 bits per heavy atom. The van der Waals surface area contributed by atoms with Gasteiger partial charge in [0.05, 0.1) is 27.8 Å². The Bertz CT molecular complexity index is 1050. The largest absolute Gasteiger partial charge is 0.508 e. The Kier molecular flexibility index (Phi) is 5.79. The Balaban J connectivity index is 1.77. The summed E-state index contributed by atoms with van der Waals surface area (Å²) in [4.78, 5) is 0. The van der Waals surface area contributed by atoms with Crippen molar-refractivity contribution in [1.29, 1.82) is 0 Å². The van der Waals surface area contributed by atoms with E-state index in [0.29, 0.717) is 0 Å². The first-order chi connectivity index (χ1) is 14.9. The van der Waals surface area contributed by atoms with Gasteiger partial charge in [-0.3, -0.25) is 0 Å². The average Bonchev–Trinajstić information content (AvgIpc) is 2.78. The quantitative estimate of drug-likeness (QED) is 0.572. The summed E-state index contributed by atoms with van der Waals surface area (Å²) >= 11 is 0. The van der Waals surface area contributed by atoms with Crippen molar-refractivity contribution in [3.8, 4) is 23.0 Å². The number of hydrogen-bond donors (Lipinski definition) is 2. The standard InChI is InChI=1S/C26H29NO4/c1-27(17-19-6-10-22(29)11-7-19)13-12-20-15-25(30-2)26(31-3)16-23(20)24(27)14-18-4-8-21(28)9-5-18/h4-11,15-16,24H,12-14,17H2,1-3H3,(H-,28,29)/p+1/t24-,27+/m0/s1. The molecule has 31 heavy (non-hydrogen) atoms. The van der Waals surface area contributed by atoms with E-state index < -0.39 is 0 Å². The van der Waals surface area contributed by atoms with Crippen LogP contribution in [0.2, 0.25) is 0 Å². The highest BCUT2D eigenvalue weighted by atomic mass is 16.5. The summed E-state index contributed by atoms with van der Waals surface area (Å²) in [6, 6.07) is 19.4. The molecule has 0 radical (unpaired) electrons. The monoisotopic (exact) mass is 420 g/mol. The number of ether oxygens (including phenoxy) is 2. The first-order valence-electron chi connectivity index (χ1n) is 10.6. The van der Waals surface area contributed by atoms with Crippen LogP contribution in [0, 0.1) is 0 Å². The molecule has 2 N–H and O–H groups in total. The third kappa shape index (κ3) is 4.32. The lowest BCUT2D eigenvalue weighted by Gasteiger charge is -2.46. The van der Waals surface area contributed by atoms with Gasteiger partial charge in [0, 0.05) is 24.0 Å². The fraction of sp³-hybridized carbons (Fsp3) is 0.308. The molecule has 3 aromatic rings. The molecule has 0 fully saturated rings. The first-order valence-corrected chi connectivity index (χ1v) is 10.6. The number of phenols is 2. The number of likely N-dealkylation sites (N-methyl/N-ethyl adjacent to an activating group) is 1. The second-order valence-corrected chi connectivity index (χ2v) is 8.57. The van der Waals surface area contributed by atoms with Crippen molar-refractivity contribution in [1.82, 2.24) is 0 Å². The molecular formula is C26H30NO4+. The third-order valence-electron chi connectivity index (χ3n) is 6.49. The van der Waals surface area contributed by atoms with Crippen LogP contribution in [-0.4, -0.2) is 42.5 Å².